The molecule has 1 aliphatic heterocycles. The fourth-order valence-corrected chi connectivity index (χ4v) is 1.74. The van der Waals surface area contributed by atoms with Crippen molar-refractivity contribution in [2.45, 2.75) is 39.3 Å². The topological polar surface area (TPSA) is 50.4 Å². The van der Waals surface area contributed by atoms with Gasteiger partial charge in [-0.05, 0) is 27.3 Å². The summed E-state index contributed by atoms with van der Waals surface area (Å²) in [6.07, 6.45) is 0. The fraction of sp³-hybridized carbons (Fsp3) is 0.909. The van der Waals surface area contributed by atoms with Crippen molar-refractivity contribution in [2.24, 2.45) is 5.92 Å². The molecular weight excluding hydrogens is 192 g/mol. The summed E-state index contributed by atoms with van der Waals surface area (Å²) in [5.41, 5.74) is -0.170. The molecular formula is C11H22N2O2. The summed E-state index contributed by atoms with van der Waals surface area (Å²) in [6, 6.07) is 0.164. The van der Waals surface area contributed by atoms with Crippen molar-refractivity contribution < 1.29 is 9.53 Å². The molecule has 1 saturated heterocycles. The standard InChI is InChI=1S/C11H22N2O2/c1-5-12-9-7-15-6-8(9)10(14)13-11(2,3)4/h8-9,12H,5-7H2,1-4H3,(H,13,14). The van der Waals surface area contributed by atoms with Gasteiger partial charge < -0.3 is 15.4 Å². The SMILES string of the molecule is CCNC1COCC1C(=O)NC(C)(C)C. The Labute approximate surface area is 91.8 Å². The molecule has 1 rings (SSSR count). The average molecular weight is 214 g/mol. The first-order valence-corrected chi connectivity index (χ1v) is 5.57. The molecule has 2 N–H and O–H groups in total. The Morgan fingerprint density at radius 3 is 2.60 bits per heavy atom. The van der Waals surface area contributed by atoms with Gasteiger partial charge >= 0.3 is 0 Å². The minimum absolute atomic E-state index is 0.0517. The largest absolute Gasteiger partial charge is 0.379 e. The smallest absolute Gasteiger partial charge is 0.227 e. The summed E-state index contributed by atoms with van der Waals surface area (Å²) in [5, 5.41) is 6.27. The van der Waals surface area contributed by atoms with Crippen LogP contribution in [0.25, 0.3) is 0 Å². The van der Waals surface area contributed by atoms with Crippen LogP contribution in [0.15, 0.2) is 0 Å². The van der Waals surface area contributed by atoms with Gasteiger partial charge in [-0.2, -0.15) is 0 Å². The highest BCUT2D eigenvalue weighted by Crippen LogP contribution is 2.15. The molecule has 0 bridgehead atoms. The van der Waals surface area contributed by atoms with Gasteiger partial charge in [0.15, 0.2) is 0 Å². The van der Waals surface area contributed by atoms with Gasteiger partial charge in [0.2, 0.25) is 5.91 Å². The normalized spacial score (nSPS) is 26.7. The Hall–Kier alpha value is -0.610. The minimum Gasteiger partial charge on any atom is -0.379 e. The van der Waals surface area contributed by atoms with Crippen LogP contribution in [0.4, 0.5) is 0 Å². The second-order valence-electron chi connectivity index (χ2n) is 5.05. The Balaban J connectivity index is 2.51. The van der Waals surface area contributed by atoms with Crippen LogP contribution in [0.2, 0.25) is 0 Å². The number of carbonyl (C=O) groups excluding carboxylic acids is 1. The lowest BCUT2D eigenvalue weighted by atomic mass is 10.0. The van der Waals surface area contributed by atoms with Gasteiger partial charge in [-0.25, -0.2) is 0 Å². The summed E-state index contributed by atoms with van der Waals surface area (Å²) < 4.78 is 5.33. The molecule has 0 aliphatic carbocycles. The predicted octanol–water partition coefficient (Wildman–Crippen LogP) is 0.526. The molecule has 1 aliphatic rings. The van der Waals surface area contributed by atoms with Crippen molar-refractivity contribution in [3.05, 3.63) is 0 Å². The summed E-state index contributed by atoms with van der Waals surface area (Å²) >= 11 is 0. The molecule has 4 nitrogen and oxygen atoms in total. The number of nitrogens with one attached hydrogen (secondary N) is 2. The van der Waals surface area contributed by atoms with E-state index in [1.165, 1.54) is 0 Å². The number of amides is 1. The third kappa shape index (κ3) is 3.80. The van der Waals surface area contributed by atoms with Crippen molar-refractivity contribution in [3.8, 4) is 0 Å². The number of hydrogen-bond donors (Lipinski definition) is 2. The Morgan fingerprint density at radius 2 is 2.07 bits per heavy atom. The van der Waals surface area contributed by atoms with E-state index in [9.17, 15) is 4.79 Å². The fourth-order valence-electron chi connectivity index (χ4n) is 1.74. The maximum absolute atomic E-state index is 11.9. The predicted molar refractivity (Wildman–Crippen MR) is 59.7 cm³/mol. The third-order valence-corrected chi connectivity index (χ3v) is 2.38. The number of ether oxygens (including phenoxy) is 1. The van der Waals surface area contributed by atoms with Gasteiger partial charge in [0.1, 0.15) is 0 Å². The Morgan fingerprint density at radius 1 is 1.40 bits per heavy atom. The molecule has 1 amide bonds. The number of hydrogen-bond acceptors (Lipinski definition) is 3. The van der Waals surface area contributed by atoms with Crippen LogP contribution in [0.3, 0.4) is 0 Å². The van der Waals surface area contributed by atoms with Crippen molar-refractivity contribution in [2.75, 3.05) is 19.8 Å². The zero-order valence-corrected chi connectivity index (χ0v) is 10.1. The molecule has 15 heavy (non-hydrogen) atoms. The van der Waals surface area contributed by atoms with Crippen molar-refractivity contribution in [1.82, 2.24) is 10.6 Å². The molecule has 0 spiro atoms. The van der Waals surface area contributed by atoms with Gasteiger partial charge in [-0.3, -0.25) is 4.79 Å². The van der Waals surface area contributed by atoms with Crippen LogP contribution in [0.5, 0.6) is 0 Å². The third-order valence-electron chi connectivity index (χ3n) is 2.38. The average Bonchev–Trinajstić information content (AvgIpc) is 2.49. The van der Waals surface area contributed by atoms with Crippen LogP contribution in [-0.2, 0) is 9.53 Å². The monoisotopic (exact) mass is 214 g/mol. The van der Waals surface area contributed by atoms with E-state index < -0.39 is 0 Å². The van der Waals surface area contributed by atoms with Crippen LogP contribution in [0, 0.1) is 5.92 Å². The molecule has 0 saturated carbocycles. The lowest BCUT2D eigenvalue weighted by molar-refractivity contribution is -0.126. The quantitative estimate of drug-likeness (QED) is 0.720. The first-order valence-electron chi connectivity index (χ1n) is 5.57. The molecule has 0 radical (unpaired) electrons. The van der Waals surface area contributed by atoms with E-state index in [1.54, 1.807) is 0 Å². The Kier molecular flexibility index (Phi) is 4.11. The molecule has 0 aromatic carbocycles. The number of carbonyl (C=O) groups is 1. The summed E-state index contributed by atoms with van der Waals surface area (Å²) in [7, 11) is 0. The van der Waals surface area contributed by atoms with Gasteiger partial charge in [0, 0.05) is 11.6 Å². The second kappa shape index (κ2) is 4.94. The maximum Gasteiger partial charge on any atom is 0.227 e. The van der Waals surface area contributed by atoms with Crippen LogP contribution in [-0.4, -0.2) is 37.2 Å². The number of rotatable bonds is 3. The van der Waals surface area contributed by atoms with Gasteiger partial charge in [-0.1, -0.05) is 6.92 Å². The van der Waals surface area contributed by atoms with Gasteiger partial charge in [0.25, 0.3) is 0 Å². The first-order chi connectivity index (χ1) is 6.94. The minimum atomic E-state index is -0.170. The van der Waals surface area contributed by atoms with Crippen molar-refractivity contribution >= 4 is 5.91 Å². The first kappa shape index (κ1) is 12.5. The Bertz CT molecular complexity index is 223. The van der Waals surface area contributed by atoms with Crippen molar-refractivity contribution in [3.63, 3.8) is 0 Å². The summed E-state index contributed by atoms with van der Waals surface area (Å²) in [6.45, 7) is 10.0. The zero-order chi connectivity index (χ0) is 11.5. The molecule has 2 unspecified atom stereocenters. The van der Waals surface area contributed by atoms with Gasteiger partial charge in [0.05, 0.1) is 19.1 Å². The molecule has 2 atom stereocenters. The van der Waals surface area contributed by atoms with E-state index in [4.69, 9.17) is 4.74 Å². The summed E-state index contributed by atoms with van der Waals surface area (Å²) in [5.74, 6) is 0.0372. The van der Waals surface area contributed by atoms with Crippen LogP contribution < -0.4 is 10.6 Å². The van der Waals surface area contributed by atoms with E-state index in [2.05, 4.69) is 10.6 Å². The van der Waals surface area contributed by atoms with Crippen LogP contribution >= 0.6 is 0 Å². The van der Waals surface area contributed by atoms with E-state index in [-0.39, 0.29) is 23.4 Å². The lowest BCUT2D eigenvalue weighted by Crippen LogP contribution is -2.49. The van der Waals surface area contributed by atoms with E-state index in [0.717, 1.165) is 6.54 Å². The second-order valence-corrected chi connectivity index (χ2v) is 5.05. The van der Waals surface area contributed by atoms with E-state index in [1.807, 2.05) is 27.7 Å². The molecule has 0 aromatic rings. The van der Waals surface area contributed by atoms with E-state index >= 15 is 0 Å². The molecule has 88 valence electrons. The van der Waals surface area contributed by atoms with Gasteiger partial charge in [-0.15, -0.1) is 0 Å². The highest BCUT2D eigenvalue weighted by molar-refractivity contribution is 5.80. The highest BCUT2D eigenvalue weighted by Gasteiger charge is 2.34. The maximum atomic E-state index is 11.9. The van der Waals surface area contributed by atoms with E-state index in [0.29, 0.717) is 13.2 Å². The molecule has 0 aromatic heterocycles. The molecule has 1 fully saturated rings. The number of likely N-dealkylation sites (N-methyl/N-ethyl adjacent to an activating group) is 1. The zero-order valence-electron chi connectivity index (χ0n) is 10.1. The lowest BCUT2D eigenvalue weighted by Gasteiger charge is -2.25. The molecule has 4 heteroatoms. The molecule has 1 heterocycles. The van der Waals surface area contributed by atoms with Crippen molar-refractivity contribution in [1.29, 1.82) is 0 Å². The van der Waals surface area contributed by atoms with Crippen LogP contribution in [0.1, 0.15) is 27.7 Å². The summed E-state index contributed by atoms with van der Waals surface area (Å²) in [4.78, 5) is 11.9. The highest BCUT2D eigenvalue weighted by atomic mass is 16.5.